The van der Waals surface area contributed by atoms with Gasteiger partial charge in [0.25, 0.3) is 0 Å². The maximum atomic E-state index is 13.2. The van der Waals surface area contributed by atoms with Crippen LogP contribution in [0.25, 0.3) is 0 Å². The average molecular weight is 423 g/mol. The van der Waals surface area contributed by atoms with Crippen LogP contribution in [0.3, 0.4) is 0 Å². The number of hydrogen-bond acceptors (Lipinski definition) is 4. The first-order valence-electron chi connectivity index (χ1n) is 10.7. The molecule has 1 aromatic rings. The van der Waals surface area contributed by atoms with Crippen LogP contribution < -0.4 is 5.32 Å². The van der Waals surface area contributed by atoms with Gasteiger partial charge in [-0.25, -0.2) is 8.42 Å². The minimum atomic E-state index is -3.46. The molecule has 2 heterocycles. The van der Waals surface area contributed by atoms with E-state index in [0.29, 0.717) is 30.6 Å². The molecule has 2 fully saturated rings. The second kappa shape index (κ2) is 10.4. The summed E-state index contributed by atoms with van der Waals surface area (Å²) in [5.74, 6) is 0.810. The number of guanidine groups is 1. The van der Waals surface area contributed by atoms with Gasteiger partial charge in [-0.05, 0) is 44.2 Å². The Balaban J connectivity index is 1.66. The Morgan fingerprint density at radius 1 is 1.14 bits per heavy atom. The third-order valence-electron chi connectivity index (χ3n) is 5.70. The van der Waals surface area contributed by atoms with Crippen molar-refractivity contribution < 1.29 is 13.2 Å². The fourth-order valence-electron chi connectivity index (χ4n) is 4.12. The predicted molar refractivity (Wildman–Crippen MR) is 115 cm³/mol. The third-order valence-corrected chi connectivity index (χ3v) is 7.70. The number of nitrogens with zero attached hydrogens (tertiary/aromatic N) is 3. The van der Waals surface area contributed by atoms with Gasteiger partial charge in [-0.2, -0.15) is 4.31 Å². The number of aliphatic imine (C=N–C) groups is 1. The minimum absolute atomic E-state index is 0.324. The van der Waals surface area contributed by atoms with Crippen LogP contribution in [-0.2, 0) is 21.3 Å². The molecule has 3 rings (SSSR count). The summed E-state index contributed by atoms with van der Waals surface area (Å²) in [7, 11) is -1.69. The van der Waals surface area contributed by atoms with Crippen molar-refractivity contribution >= 4 is 16.0 Å². The van der Waals surface area contributed by atoms with Gasteiger partial charge in [-0.15, -0.1) is 0 Å². The lowest BCUT2D eigenvalue weighted by Crippen LogP contribution is -2.46. The average Bonchev–Trinajstić information content (AvgIpc) is 2.76. The number of sulfonamides is 1. The van der Waals surface area contributed by atoms with Crippen LogP contribution in [0.2, 0.25) is 0 Å². The van der Waals surface area contributed by atoms with Crippen molar-refractivity contribution in [2.24, 2.45) is 4.99 Å². The first-order valence-corrected chi connectivity index (χ1v) is 12.2. The van der Waals surface area contributed by atoms with E-state index in [2.05, 4.69) is 15.2 Å². The maximum Gasteiger partial charge on any atom is 0.243 e. The number of rotatable bonds is 6. The second-order valence-electron chi connectivity index (χ2n) is 7.61. The van der Waals surface area contributed by atoms with Crippen molar-refractivity contribution in [3.05, 3.63) is 29.8 Å². The van der Waals surface area contributed by atoms with Gasteiger partial charge in [0.2, 0.25) is 10.0 Å². The molecule has 7 nitrogen and oxygen atoms in total. The van der Waals surface area contributed by atoms with E-state index in [4.69, 9.17) is 4.74 Å². The fraction of sp³-hybridized carbons (Fsp3) is 0.667. The van der Waals surface area contributed by atoms with Crippen LogP contribution in [-0.4, -0.2) is 69.5 Å². The number of piperidine rings is 2. The zero-order valence-electron chi connectivity index (χ0n) is 17.6. The van der Waals surface area contributed by atoms with Gasteiger partial charge in [0.15, 0.2) is 5.96 Å². The summed E-state index contributed by atoms with van der Waals surface area (Å²) in [5, 5.41) is 3.37. The maximum absolute atomic E-state index is 13.2. The summed E-state index contributed by atoms with van der Waals surface area (Å²) in [6, 6.07) is 7.30. The first kappa shape index (κ1) is 22.1. The van der Waals surface area contributed by atoms with Crippen LogP contribution in [0.4, 0.5) is 0 Å². The molecule has 0 aliphatic carbocycles. The van der Waals surface area contributed by atoms with Crippen molar-refractivity contribution in [2.75, 3.05) is 39.8 Å². The molecule has 0 bridgehead atoms. The van der Waals surface area contributed by atoms with E-state index in [9.17, 15) is 8.42 Å². The van der Waals surface area contributed by atoms with Crippen LogP contribution in [0.5, 0.6) is 0 Å². The molecule has 162 valence electrons. The smallest absolute Gasteiger partial charge is 0.243 e. The molecule has 0 spiro atoms. The van der Waals surface area contributed by atoms with Gasteiger partial charge in [0, 0.05) is 46.4 Å². The van der Waals surface area contributed by atoms with E-state index in [-0.39, 0.29) is 0 Å². The van der Waals surface area contributed by atoms with Crippen molar-refractivity contribution in [1.29, 1.82) is 0 Å². The molecule has 2 saturated heterocycles. The standard InChI is InChI=1S/C21H34N4O3S/c1-3-28-19-11-15-24(16-12-19)21(22-2)23-17-18-9-5-6-10-20(18)29(26,27)25-13-7-4-8-14-25/h5-6,9-10,19H,3-4,7-8,11-17H2,1-2H3,(H,22,23). The molecule has 2 aliphatic rings. The largest absolute Gasteiger partial charge is 0.378 e. The van der Waals surface area contributed by atoms with Crippen LogP contribution in [0, 0.1) is 0 Å². The highest BCUT2D eigenvalue weighted by Gasteiger charge is 2.28. The van der Waals surface area contributed by atoms with E-state index in [0.717, 1.165) is 63.3 Å². The fourth-order valence-corrected chi connectivity index (χ4v) is 5.86. The van der Waals surface area contributed by atoms with Crippen molar-refractivity contribution in [3.8, 4) is 0 Å². The Kier molecular flexibility index (Phi) is 7.91. The number of nitrogens with one attached hydrogen (secondary N) is 1. The van der Waals surface area contributed by atoms with Gasteiger partial charge in [0.1, 0.15) is 0 Å². The Labute approximate surface area is 175 Å². The lowest BCUT2D eigenvalue weighted by Gasteiger charge is -2.34. The topological polar surface area (TPSA) is 74.2 Å². The van der Waals surface area contributed by atoms with Gasteiger partial charge >= 0.3 is 0 Å². The van der Waals surface area contributed by atoms with E-state index < -0.39 is 10.0 Å². The summed E-state index contributed by atoms with van der Waals surface area (Å²) in [4.78, 5) is 7.03. The van der Waals surface area contributed by atoms with Crippen molar-refractivity contribution in [2.45, 2.75) is 56.6 Å². The molecule has 0 aromatic heterocycles. The van der Waals surface area contributed by atoms with E-state index in [1.54, 1.807) is 23.5 Å². The molecule has 0 saturated carbocycles. The third kappa shape index (κ3) is 5.49. The van der Waals surface area contributed by atoms with Crippen LogP contribution in [0.15, 0.2) is 34.2 Å². The molecule has 2 aliphatic heterocycles. The Morgan fingerprint density at radius 2 is 1.83 bits per heavy atom. The molecule has 0 unspecified atom stereocenters. The Bertz CT molecular complexity index is 783. The summed E-state index contributed by atoms with van der Waals surface area (Å²) >= 11 is 0. The summed E-state index contributed by atoms with van der Waals surface area (Å²) < 4.78 is 33.7. The van der Waals surface area contributed by atoms with Crippen LogP contribution in [0.1, 0.15) is 44.6 Å². The van der Waals surface area contributed by atoms with Gasteiger partial charge < -0.3 is 15.0 Å². The first-order chi connectivity index (χ1) is 14.1. The molecular formula is C21H34N4O3S. The molecular weight excluding hydrogens is 388 g/mol. The summed E-state index contributed by atoms with van der Waals surface area (Å²) in [6.45, 7) is 6.21. The molecule has 0 radical (unpaired) electrons. The lowest BCUT2D eigenvalue weighted by atomic mass is 10.1. The van der Waals surface area contributed by atoms with E-state index in [1.165, 1.54) is 0 Å². The molecule has 0 amide bonds. The van der Waals surface area contributed by atoms with Gasteiger partial charge in [-0.1, -0.05) is 24.6 Å². The van der Waals surface area contributed by atoms with Crippen molar-refractivity contribution in [3.63, 3.8) is 0 Å². The second-order valence-corrected chi connectivity index (χ2v) is 9.52. The highest BCUT2D eigenvalue weighted by Crippen LogP contribution is 2.23. The van der Waals surface area contributed by atoms with Crippen molar-refractivity contribution in [1.82, 2.24) is 14.5 Å². The molecule has 0 atom stereocenters. The van der Waals surface area contributed by atoms with E-state index >= 15 is 0 Å². The van der Waals surface area contributed by atoms with Gasteiger partial charge in [-0.3, -0.25) is 4.99 Å². The highest BCUT2D eigenvalue weighted by atomic mass is 32.2. The van der Waals surface area contributed by atoms with Gasteiger partial charge in [0.05, 0.1) is 11.0 Å². The number of benzene rings is 1. The molecule has 1 aromatic carbocycles. The zero-order valence-corrected chi connectivity index (χ0v) is 18.5. The Morgan fingerprint density at radius 3 is 2.48 bits per heavy atom. The normalized spacial score (nSPS) is 20.1. The number of ether oxygens (including phenoxy) is 1. The predicted octanol–water partition coefficient (Wildman–Crippen LogP) is 2.44. The monoisotopic (exact) mass is 422 g/mol. The summed E-state index contributed by atoms with van der Waals surface area (Å²) in [5.41, 5.74) is 0.781. The molecule has 29 heavy (non-hydrogen) atoms. The summed E-state index contributed by atoms with van der Waals surface area (Å²) in [6.07, 6.45) is 5.26. The highest BCUT2D eigenvalue weighted by molar-refractivity contribution is 7.89. The minimum Gasteiger partial charge on any atom is -0.378 e. The SMILES string of the molecule is CCOC1CCN(C(=NC)NCc2ccccc2S(=O)(=O)N2CCCCC2)CC1. The molecule has 8 heteroatoms. The zero-order chi connectivity index (χ0) is 20.7. The lowest BCUT2D eigenvalue weighted by molar-refractivity contribution is 0.0263. The number of likely N-dealkylation sites (tertiary alicyclic amines) is 1. The number of hydrogen-bond donors (Lipinski definition) is 1. The van der Waals surface area contributed by atoms with E-state index in [1.807, 2.05) is 19.1 Å². The Hall–Kier alpha value is -1.64. The van der Waals surface area contributed by atoms with Crippen LogP contribution >= 0.6 is 0 Å². The quantitative estimate of drug-likeness (QED) is 0.563. The molecule has 1 N–H and O–H groups in total.